The van der Waals surface area contributed by atoms with Crippen LogP contribution in [0.4, 0.5) is 18.9 Å². The van der Waals surface area contributed by atoms with Crippen LogP contribution in [-0.4, -0.2) is 30.4 Å². The number of nitrogens with zero attached hydrogens (tertiary/aromatic N) is 3. The minimum Gasteiger partial charge on any atom is -0.299 e. The van der Waals surface area contributed by atoms with Crippen molar-refractivity contribution in [1.29, 1.82) is 5.26 Å². The quantitative estimate of drug-likeness (QED) is 0.591. The van der Waals surface area contributed by atoms with Crippen LogP contribution >= 0.6 is 11.6 Å². The highest BCUT2D eigenvalue weighted by Crippen LogP contribution is 2.38. The van der Waals surface area contributed by atoms with Crippen molar-refractivity contribution in [2.24, 2.45) is 0 Å². The number of aromatic nitrogens is 2. The standard InChI is InChI=1S/C19H16ClF3N4O3S/c1-3-31(2,29,30)17-8-14(20)11(9-24)6-16(17)26-27-10-25-15-5-4-12(19(21,22)23)7-13(15)18(27)28/h4-8,10,26H,3H2,1-2H3,(H,29,30). The topological polar surface area (TPSA) is 108 Å². The lowest BCUT2D eigenvalue weighted by Gasteiger charge is -2.39. The maximum absolute atomic E-state index is 13.1. The van der Waals surface area contributed by atoms with Gasteiger partial charge < -0.3 is 0 Å². The number of hydrogen-bond acceptors (Lipinski definition) is 5. The molecular formula is C19H16ClF3N4O3S. The minimum absolute atomic E-state index is 0.0340. The third kappa shape index (κ3) is 4.27. The van der Waals surface area contributed by atoms with Crippen LogP contribution in [0.2, 0.25) is 5.02 Å². The monoisotopic (exact) mass is 472 g/mol. The number of anilines is 1. The molecule has 0 saturated heterocycles. The van der Waals surface area contributed by atoms with Crippen LogP contribution in [0, 0.1) is 11.3 Å². The molecule has 0 unspecified atom stereocenters. The number of benzene rings is 2. The Balaban J connectivity index is 2.23. The molecule has 0 aliphatic heterocycles. The van der Waals surface area contributed by atoms with E-state index in [2.05, 4.69) is 10.4 Å². The van der Waals surface area contributed by atoms with Crippen molar-refractivity contribution in [1.82, 2.24) is 9.66 Å². The van der Waals surface area contributed by atoms with Crippen LogP contribution in [0.3, 0.4) is 0 Å². The average molecular weight is 473 g/mol. The Bertz CT molecular complexity index is 1370. The van der Waals surface area contributed by atoms with Gasteiger partial charge in [-0.1, -0.05) is 11.6 Å². The van der Waals surface area contributed by atoms with Crippen molar-refractivity contribution >= 4 is 37.5 Å². The van der Waals surface area contributed by atoms with Crippen molar-refractivity contribution in [3.63, 3.8) is 0 Å². The molecule has 0 aliphatic carbocycles. The fraction of sp³-hybridized carbons (Fsp3) is 0.211. The van der Waals surface area contributed by atoms with E-state index in [1.165, 1.54) is 13.0 Å². The number of alkyl halides is 3. The number of fused-ring (bicyclic) bond motifs is 1. The summed E-state index contributed by atoms with van der Waals surface area (Å²) in [5, 5.41) is 8.87. The van der Waals surface area contributed by atoms with Gasteiger partial charge in [0.2, 0.25) is 0 Å². The second-order valence-corrected chi connectivity index (χ2v) is 11.4. The first-order chi connectivity index (χ1) is 14.2. The van der Waals surface area contributed by atoms with Gasteiger partial charge >= 0.3 is 6.18 Å². The molecule has 1 aromatic heterocycles. The van der Waals surface area contributed by atoms with Gasteiger partial charge in [-0.25, -0.2) is 13.9 Å². The Kier molecular flexibility index (Phi) is 5.38. The number of hydrogen-bond donors (Lipinski definition) is 2. The fourth-order valence-electron chi connectivity index (χ4n) is 2.82. The Morgan fingerprint density at radius 2 is 2.00 bits per heavy atom. The molecule has 0 amide bonds. The second kappa shape index (κ2) is 7.33. The number of halogens is 4. The van der Waals surface area contributed by atoms with Crippen LogP contribution in [0.5, 0.6) is 0 Å². The molecule has 2 N–H and O–H groups in total. The van der Waals surface area contributed by atoms with Crippen molar-refractivity contribution in [3.05, 3.63) is 63.2 Å². The van der Waals surface area contributed by atoms with E-state index in [1.54, 1.807) is 0 Å². The van der Waals surface area contributed by atoms with Crippen LogP contribution in [-0.2, 0) is 15.5 Å². The fourth-order valence-corrected chi connectivity index (χ4v) is 4.49. The lowest BCUT2D eigenvalue weighted by atomic mass is 10.1. The Labute approximate surface area is 179 Å². The number of rotatable bonds is 4. The Hall–Kier alpha value is -2.94. The molecule has 0 fully saturated rings. The van der Waals surface area contributed by atoms with Gasteiger partial charge in [0.1, 0.15) is 12.4 Å². The predicted octanol–water partition coefficient (Wildman–Crippen LogP) is 4.12. The molecule has 7 nitrogen and oxygen atoms in total. The molecule has 1 heterocycles. The highest BCUT2D eigenvalue weighted by Gasteiger charge is 2.31. The van der Waals surface area contributed by atoms with Crippen LogP contribution in [0.25, 0.3) is 10.9 Å². The zero-order valence-electron chi connectivity index (χ0n) is 16.2. The van der Waals surface area contributed by atoms with Crippen molar-refractivity contribution in [3.8, 4) is 6.07 Å². The molecule has 3 aromatic rings. The van der Waals surface area contributed by atoms with Crippen LogP contribution < -0.4 is 11.0 Å². The van der Waals surface area contributed by atoms with Gasteiger partial charge in [0.05, 0.1) is 37.6 Å². The molecule has 0 radical (unpaired) electrons. The molecule has 2 aromatic carbocycles. The Morgan fingerprint density at radius 1 is 1.32 bits per heavy atom. The summed E-state index contributed by atoms with van der Waals surface area (Å²) in [5.74, 6) is -0.187. The van der Waals surface area contributed by atoms with E-state index >= 15 is 0 Å². The maximum atomic E-state index is 13.1. The van der Waals surface area contributed by atoms with Gasteiger partial charge in [-0.2, -0.15) is 27.8 Å². The van der Waals surface area contributed by atoms with Crippen LogP contribution in [0.1, 0.15) is 18.1 Å². The molecular weight excluding hydrogens is 457 g/mol. The summed E-state index contributed by atoms with van der Waals surface area (Å²) in [5.41, 5.74) is 0.609. The third-order valence-electron chi connectivity index (χ3n) is 4.76. The van der Waals surface area contributed by atoms with Gasteiger partial charge in [0.15, 0.2) is 0 Å². The van der Waals surface area contributed by atoms with E-state index in [4.69, 9.17) is 11.6 Å². The van der Waals surface area contributed by atoms with E-state index in [0.717, 1.165) is 35.5 Å². The molecule has 0 saturated carbocycles. The average Bonchev–Trinajstić information content (AvgIpc) is 2.69. The lowest BCUT2D eigenvalue weighted by Crippen LogP contribution is -2.35. The summed E-state index contributed by atoms with van der Waals surface area (Å²) in [7, 11) is -4.42. The zero-order valence-corrected chi connectivity index (χ0v) is 17.8. The van der Waals surface area contributed by atoms with E-state index in [9.17, 15) is 32.0 Å². The molecule has 0 aliphatic rings. The second-order valence-electron chi connectivity index (χ2n) is 6.97. The summed E-state index contributed by atoms with van der Waals surface area (Å²) < 4.78 is 63.7. The zero-order chi connectivity index (χ0) is 23.2. The van der Waals surface area contributed by atoms with E-state index in [1.807, 2.05) is 6.07 Å². The molecule has 164 valence electrons. The summed E-state index contributed by atoms with van der Waals surface area (Å²) in [6, 6.07) is 6.73. The largest absolute Gasteiger partial charge is 0.416 e. The molecule has 31 heavy (non-hydrogen) atoms. The SMILES string of the molecule is CCS(C)(=O)(O)c1cc(Cl)c(C#N)cc1Nn1cnc2ccc(C(F)(F)F)cc2c1=O. The van der Waals surface area contributed by atoms with E-state index < -0.39 is 26.6 Å². The molecule has 0 atom stereocenters. The maximum Gasteiger partial charge on any atom is 0.416 e. The van der Waals surface area contributed by atoms with Gasteiger partial charge in [0.25, 0.3) is 5.56 Å². The number of nitriles is 1. The van der Waals surface area contributed by atoms with E-state index in [-0.39, 0.29) is 37.8 Å². The lowest BCUT2D eigenvalue weighted by molar-refractivity contribution is -0.137. The van der Waals surface area contributed by atoms with Crippen molar-refractivity contribution in [2.45, 2.75) is 18.0 Å². The first-order valence-corrected chi connectivity index (χ1v) is 11.6. The minimum atomic E-state index is -4.65. The number of nitrogens with one attached hydrogen (secondary N) is 1. The van der Waals surface area contributed by atoms with Crippen LogP contribution in [0.15, 0.2) is 46.3 Å². The smallest absolute Gasteiger partial charge is 0.299 e. The summed E-state index contributed by atoms with van der Waals surface area (Å²) in [6.45, 7) is 1.48. The molecule has 0 bridgehead atoms. The summed E-state index contributed by atoms with van der Waals surface area (Å²) in [4.78, 5) is 16.6. The van der Waals surface area contributed by atoms with Crippen molar-refractivity contribution in [2.75, 3.05) is 17.4 Å². The van der Waals surface area contributed by atoms with Crippen molar-refractivity contribution < 1.29 is 21.9 Å². The van der Waals surface area contributed by atoms with E-state index in [0.29, 0.717) is 6.07 Å². The Morgan fingerprint density at radius 3 is 2.58 bits per heavy atom. The summed E-state index contributed by atoms with van der Waals surface area (Å²) in [6.07, 6.45) is -2.52. The molecule has 12 heteroatoms. The van der Waals surface area contributed by atoms with Gasteiger partial charge in [0, 0.05) is 12.0 Å². The predicted molar refractivity (Wildman–Crippen MR) is 112 cm³/mol. The highest BCUT2D eigenvalue weighted by atomic mass is 35.5. The highest BCUT2D eigenvalue weighted by molar-refractivity contribution is 8.14. The van der Waals surface area contributed by atoms with Gasteiger partial charge in [-0.15, -0.1) is 0 Å². The first-order valence-electron chi connectivity index (χ1n) is 8.72. The molecule has 0 spiro atoms. The van der Waals surface area contributed by atoms with Gasteiger partial charge in [-0.05, 0) is 37.3 Å². The molecule has 3 rings (SSSR count). The third-order valence-corrected chi connectivity index (χ3v) is 7.90. The van der Waals surface area contributed by atoms with Gasteiger partial charge in [-0.3, -0.25) is 14.8 Å². The summed E-state index contributed by atoms with van der Waals surface area (Å²) >= 11 is 6.03. The first kappa shape index (κ1) is 22.7. The normalized spacial score (nSPS) is 13.4.